The molecule has 5 nitrogen and oxygen atoms in total. The van der Waals surface area contributed by atoms with Crippen molar-refractivity contribution in [1.82, 2.24) is 14.7 Å². The minimum absolute atomic E-state index is 0.0583. The molecule has 0 atom stereocenters. The number of piperidine rings is 1. The van der Waals surface area contributed by atoms with Crippen LogP contribution in [0.2, 0.25) is 0 Å². The van der Waals surface area contributed by atoms with Crippen molar-refractivity contribution in [3.05, 3.63) is 59.3 Å². The van der Waals surface area contributed by atoms with Crippen molar-refractivity contribution >= 4 is 5.91 Å². The molecule has 158 valence electrons. The quantitative estimate of drug-likeness (QED) is 0.679. The van der Waals surface area contributed by atoms with Crippen LogP contribution in [-0.4, -0.2) is 67.9 Å². The van der Waals surface area contributed by atoms with E-state index in [-0.39, 0.29) is 11.7 Å². The second-order valence-electron chi connectivity index (χ2n) is 8.32. The fraction of sp³-hybridized carbons (Fsp3) is 0.522. The normalized spacial score (nSPS) is 15.8. The van der Waals surface area contributed by atoms with Gasteiger partial charge in [-0.3, -0.25) is 4.79 Å². The summed E-state index contributed by atoms with van der Waals surface area (Å²) in [6, 6.07) is 10.6. The van der Waals surface area contributed by atoms with Gasteiger partial charge >= 0.3 is 0 Å². The smallest absolute Gasteiger partial charge is 0.289 e. The van der Waals surface area contributed by atoms with Crippen LogP contribution in [0.4, 0.5) is 4.39 Å². The Morgan fingerprint density at radius 2 is 1.86 bits per heavy atom. The summed E-state index contributed by atoms with van der Waals surface area (Å²) in [5.74, 6) is 1.53. The van der Waals surface area contributed by atoms with Gasteiger partial charge in [-0.1, -0.05) is 18.2 Å². The molecule has 1 aliphatic rings. The van der Waals surface area contributed by atoms with Crippen LogP contribution < -0.4 is 0 Å². The average Bonchev–Trinajstić information content (AvgIpc) is 3.15. The van der Waals surface area contributed by atoms with Crippen LogP contribution in [0.1, 0.15) is 34.7 Å². The molecule has 0 N–H and O–H groups in total. The molecule has 0 unspecified atom stereocenters. The minimum atomic E-state index is -0.116. The number of carbonyl (C=O) groups is 1. The maximum Gasteiger partial charge on any atom is 0.289 e. The van der Waals surface area contributed by atoms with Crippen LogP contribution in [0.3, 0.4) is 0 Å². The number of furan rings is 1. The van der Waals surface area contributed by atoms with E-state index >= 15 is 0 Å². The molecule has 1 saturated heterocycles. The van der Waals surface area contributed by atoms with Gasteiger partial charge in [-0.15, -0.1) is 0 Å². The first-order chi connectivity index (χ1) is 13.9. The first-order valence-electron chi connectivity index (χ1n) is 10.4. The molecular formula is C23H32FN3O2. The molecule has 2 aromatic rings. The Kier molecular flexibility index (Phi) is 7.45. The summed E-state index contributed by atoms with van der Waals surface area (Å²) in [5, 5.41) is 0. The average molecular weight is 402 g/mol. The zero-order valence-corrected chi connectivity index (χ0v) is 17.7. The third kappa shape index (κ3) is 6.15. The predicted octanol–water partition coefficient (Wildman–Crippen LogP) is 3.51. The zero-order valence-electron chi connectivity index (χ0n) is 17.7. The monoisotopic (exact) mass is 401 g/mol. The Hall–Kier alpha value is -2.18. The van der Waals surface area contributed by atoms with E-state index in [1.807, 2.05) is 44.2 Å². The van der Waals surface area contributed by atoms with E-state index in [2.05, 4.69) is 4.90 Å². The molecule has 0 aliphatic carbocycles. The summed E-state index contributed by atoms with van der Waals surface area (Å²) < 4.78 is 19.5. The number of hydrogen-bond acceptors (Lipinski definition) is 4. The first-order valence-corrected chi connectivity index (χ1v) is 10.4. The van der Waals surface area contributed by atoms with Crippen molar-refractivity contribution in [2.75, 3.05) is 47.3 Å². The van der Waals surface area contributed by atoms with Gasteiger partial charge in [0.1, 0.15) is 11.6 Å². The summed E-state index contributed by atoms with van der Waals surface area (Å²) >= 11 is 0. The molecule has 6 heteroatoms. The topological polar surface area (TPSA) is 39.9 Å². The molecule has 1 fully saturated rings. The molecule has 29 heavy (non-hydrogen) atoms. The fourth-order valence-corrected chi connectivity index (χ4v) is 3.92. The second-order valence-corrected chi connectivity index (χ2v) is 8.32. The number of hydrogen-bond donors (Lipinski definition) is 0. The van der Waals surface area contributed by atoms with Gasteiger partial charge in [0.05, 0.1) is 6.54 Å². The molecule has 0 saturated carbocycles. The highest BCUT2D eigenvalue weighted by Crippen LogP contribution is 2.20. The van der Waals surface area contributed by atoms with Crippen molar-refractivity contribution in [2.24, 2.45) is 5.92 Å². The number of nitrogens with zero attached hydrogens (tertiary/aromatic N) is 3. The minimum Gasteiger partial charge on any atom is -0.455 e. The Bertz CT molecular complexity index is 797. The highest BCUT2D eigenvalue weighted by atomic mass is 19.1. The Labute approximate surface area is 173 Å². The zero-order chi connectivity index (χ0) is 20.8. The highest BCUT2D eigenvalue weighted by molar-refractivity contribution is 5.91. The van der Waals surface area contributed by atoms with E-state index in [1.54, 1.807) is 17.0 Å². The Balaban J connectivity index is 1.42. The SMILES string of the molecule is CN(C)Cc1ccc(C(=O)N(C)CC2CCN(CCc3ccccc3F)CC2)o1. The number of likely N-dealkylation sites (tertiary alicyclic amines) is 1. The maximum absolute atomic E-state index is 13.8. The van der Waals surface area contributed by atoms with Crippen molar-refractivity contribution in [2.45, 2.75) is 25.8 Å². The van der Waals surface area contributed by atoms with Crippen molar-refractivity contribution in [1.29, 1.82) is 0 Å². The van der Waals surface area contributed by atoms with Gasteiger partial charge in [-0.2, -0.15) is 0 Å². The molecule has 1 aromatic heterocycles. The van der Waals surface area contributed by atoms with E-state index in [0.717, 1.165) is 56.8 Å². The molecular weight excluding hydrogens is 369 g/mol. The van der Waals surface area contributed by atoms with Crippen molar-refractivity contribution < 1.29 is 13.6 Å². The van der Waals surface area contributed by atoms with E-state index in [9.17, 15) is 9.18 Å². The van der Waals surface area contributed by atoms with Crippen molar-refractivity contribution in [3.8, 4) is 0 Å². The van der Waals surface area contributed by atoms with E-state index in [4.69, 9.17) is 4.42 Å². The molecule has 1 amide bonds. The number of benzene rings is 1. The van der Waals surface area contributed by atoms with Gasteiger partial charge in [-0.05, 0) is 76.1 Å². The number of amides is 1. The maximum atomic E-state index is 13.8. The Morgan fingerprint density at radius 3 is 2.55 bits per heavy atom. The van der Waals surface area contributed by atoms with Gasteiger partial charge in [0, 0.05) is 20.1 Å². The van der Waals surface area contributed by atoms with Crippen LogP contribution in [-0.2, 0) is 13.0 Å². The first kappa shape index (κ1) is 21.5. The number of halogens is 1. The van der Waals surface area contributed by atoms with Crippen LogP contribution in [0, 0.1) is 11.7 Å². The van der Waals surface area contributed by atoms with Crippen molar-refractivity contribution in [3.63, 3.8) is 0 Å². The summed E-state index contributed by atoms with van der Waals surface area (Å²) in [6.45, 7) is 4.29. The standard InChI is InChI=1S/C23H32FN3O2/c1-25(2)17-20-8-9-22(29-20)23(28)26(3)16-18-10-13-27(14-11-18)15-12-19-6-4-5-7-21(19)24/h4-9,18H,10-17H2,1-3H3. The molecule has 2 heterocycles. The van der Waals surface area contributed by atoms with Gasteiger partial charge < -0.3 is 19.1 Å². The van der Waals surface area contributed by atoms with Gasteiger partial charge in [0.2, 0.25) is 0 Å². The predicted molar refractivity (Wildman–Crippen MR) is 112 cm³/mol. The van der Waals surface area contributed by atoms with Crippen LogP contribution in [0.25, 0.3) is 0 Å². The van der Waals surface area contributed by atoms with Gasteiger partial charge in [0.25, 0.3) is 5.91 Å². The summed E-state index contributed by atoms with van der Waals surface area (Å²) in [4.78, 5) is 18.8. The summed E-state index contributed by atoms with van der Waals surface area (Å²) in [6.07, 6.45) is 2.85. The fourth-order valence-electron chi connectivity index (χ4n) is 3.92. The van der Waals surface area contributed by atoms with E-state index in [0.29, 0.717) is 18.2 Å². The van der Waals surface area contributed by atoms with Crippen LogP contribution in [0.5, 0.6) is 0 Å². The third-order valence-corrected chi connectivity index (χ3v) is 5.59. The van der Waals surface area contributed by atoms with Gasteiger partial charge in [-0.25, -0.2) is 4.39 Å². The highest BCUT2D eigenvalue weighted by Gasteiger charge is 2.24. The van der Waals surface area contributed by atoms with Crippen LogP contribution >= 0.6 is 0 Å². The summed E-state index contributed by atoms with van der Waals surface area (Å²) in [5.41, 5.74) is 0.784. The molecule has 0 bridgehead atoms. The molecule has 0 spiro atoms. The number of rotatable bonds is 8. The van der Waals surface area contributed by atoms with Gasteiger partial charge in [0.15, 0.2) is 5.76 Å². The lowest BCUT2D eigenvalue weighted by Crippen LogP contribution is -2.40. The third-order valence-electron chi connectivity index (χ3n) is 5.59. The summed E-state index contributed by atoms with van der Waals surface area (Å²) in [7, 11) is 5.79. The van der Waals surface area contributed by atoms with E-state index < -0.39 is 0 Å². The van der Waals surface area contributed by atoms with E-state index in [1.165, 1.54) is 6.07 Å². The molecule has 1 aromatic carbocycles. The lowest BCUT2D eigenvalue weighted by Gasteiger charge is -2.33. The molecule has 0 radical (unpaired) electrons. The molecule has 1 aliphatic heterocycles. The lowest BCUT2D eigenvalue weighted by molar-refractivity contribution is 0.0706. The molecule has 3 rings (SSSR count). The lowest BCUT2D eigenvalue weighted by atomic mass is 9.96. The largest absolute Gasteiger partial charge is 0.455 e. The number of carbonyl (C=O) groups excluding carboxylic acids is 1. The Morgan fingerprint density at radius 1 is 1.14 bits per heavy atom. The second kappa shape index (κ2) is 10.0. The van der Waals surface area contributed by atoms with Crippen LogP contribution in [0.15, 0.2) is 40.8 Å².